The van der Waals surface area contributed by atoms with E-state index in [4.69, 9.17) is 5.73 Å². The Hall–Kier alpha value is -2.05. The molecule has 2 heterocycles. The predicted octanol–water partition coefficient (Wildman–Crippen LogP) is 0.297. The molecule has 7 nitrogen and oxygen atoms in total. The van der Waals surface area contributed by atoms with Gasteiger partial charge in [0.05, 0.1) is 17.9 Å². The largest absolute Gasteiger partial charge is 0.395 e. The van der Waals surface area contributed by atoms with Gasteiger partial charge in [-0.1, -0.05) is 6.92 Å². The normalized spacial score (nSPS) is 15.2. The molecule has 0 aromatic carbocycles. The summed E-state index contributed by atoms with van der Waals surface area (Å²) in [4.78, 5) is 25.7. The van der Waals surface area contributed by atoms with Gasteiger partial charge in [-0.25, -0.2) is 0 Å². The lowest BCUT2D eigenvalue weighted by atomic mass is 10.1. The van der Waals surface area contributed by atoms with E-state index in [-0.39, 0.29) is 18.1 Å². The lowest BCUT2D eigenvalue weighted by Gasteiger charge is -2.26. The van der Waals surface area contributed by atoms with Gasteiger partial charge in [-0.15, -0.1) is 0 Å². The van der Waals surface area contributed by atoms with E-state index in [2.05, 4.69) is 15.5 Å². The van der Waals surface area contributed by atoms with Crippen molar-refractivity contribution in [2.45, 2.75) is 32.6 Å². The van der Waals surface area contributed by atoms with Crippen molar-refractivity contribution in [3.05, 3.63) is 11.4 Å². The quantitative estimate of drug-likeness (QED) is 0.737. The highest BCUT2D eigenvalue weighted by molar-refractivity contribution is 5.99. The third-order valence-electron chi connectivity index (χ3n) is 3.56. The summed E-state index contributed by atoms with van der Waals surface area (Å²) >= 11 is 0. The molecule has 1 fully saturated rings. The van der Waals surface area contributed by atoms with Gasteiger partial charge in [-0.2, -0.15) is 5.10 Å². The van der Waals surface area contributed by atoms with Gasteiger partial charge in [0.15, 0.2) is 5.69 Å². The molecule has 20 heavy (non-hydrogen) atoms. The molecule has 1 aromatic heterocycles. The second kappa shape index (κ2) is 6.40. The van der Waals surface area contributed by atoms with E-state index in [9.17, 15) is 9.59 Å². The summed E-state index contributed by atoms with van der Waals surface area (Å²) in [5.74, 6) is -0.466. The molecule has 0 bridgehead atoms. The van der Waals surface area contributed by atoms with E-state index in [1.54, 1.807) is 4.90 Å². The highest BCUT2D eigenvalue weighted by atomic mass is 16.2. The number of piperidine rings is 1. The number of hydrogen-bond donors (Lipinski definition) is 3. The van der Waals surface area contributed by atoms with Crippen LogP contribution in [0.2, 0.25) is 0 Å². The number of carbonyl (C=O) groups is 2. The summed E-state index contributed by atoms with van der Waals surface area (Å²) in [6.45, 7) is 3.47. The molecule has 7 heteroatoms. The fraction of sp³-hybridized carbons (Fsp3) is 0.615. The van der Waals surface area contributed by atoms with Crippen LogP contribution in [0.3, 0.4) is 0 Å². The summed E-state index contributed by atoms with van der Waals surface area (Å²) in [5, 5.41) is 9.20. The number of aromatic nitrogens is 2. The molecule has 1 aromatic rings. The molecular formula is C13H21N5O2. The smallest absolute Gasteiger partial charge is 0.274 e. The second-order valence-electron chi connectivity index (χ2n) is 4.94. The molecule has 0 aliphatic carbocycles. The molecule has 0 radical (unpaired) electrons. The molecule has 2 amide bonds. The van der Waals surface area contributed by atoms with Gasteiger partial charge in [-0.3, -0.25) is 14.7 Å². The number of nitrogens with two attached hydrogens (primary N) is 1. The van der Waals surface area contributed by atoms with E-state index >= 15 is 0 Å². The zero-order chi connectivity index (χ0) is 14.5. The molecule has 0 atom stereocenters. The summed E-state index contributed by atoms with van der Waals surface area (Å²) in [5.41, 5.74) is 7.07. The number of aryl methyl sites for hydroxylation is 1. The van der Waals surface area contributed by atoms with Gasteiger partial charge >= 0.3 is 0 Å². The van der Waals surface area contributed by atoms with Crippen LogP contribution in [-0.4, -0.2) is 46.5 Å². The number of carbonyl (C=O) groups excluding carboxylic acids is 2. The Morgan fingerprint density at radius 2 is 2.05 bits per heavy atom. The SMILES string of the molecule is CCc1[nH]nc(C(=O)NCC(=O)N2CCCCC2)c1N. The van der Waals surface area contributed by atoms with Crippen LogP contribution in [0.1, 0.15) is 42.4 Å². The number of anilines is 1. The van der Waals surface area contributed by atoms with Gasteiger partial charge in [0.1, 0.15) is 0 Å². The maximum absolute atomic E-state index is 11.9. The first-order valence-corrected chi connectivity index (χ1v) is 7.02. The molecule has 0 unspecified atom stereocenters. The zero-order valence-corrected chi connectivity index (χ0v) is 11.7. The first-order valence-electron chi connectivity index (χ1n) is 7.02. The van der Waals surface area contributed by atoms with Crippen LogP contribution in [0.15, 0.2) is 0 Å². The second-order valence-corrected chi connectivity index (χ2v) is 4.94. The Morgan fingerprint density at radius 1 is 1.35 bits per heavy atom. The minimum Gasteiger partial charge on any atom is -0.395 e. The molecule has 0 saturated carbocycles. The number of nitrogens with one attached hydrogen (secondary N) is 2. The van der Waals surface area contributed by atoms with Gasteiger partial charge in [0.2, 0.25) is 5.91 Å². The fourth-order valence-electron chi connectivity index (χ4n) is 2.32. The predicted molar refractivity (Wildman–Crippen MR) is 75.1 cm³/mol. The van der Waals surface area contributed by atoms with Crippen molar-refractivity contribution in [2.24, 2.45) is 0 Å². The standard InChI is InChI=1S/C13H21N5O2/c1-2-9-11(14)12(17-16-9)13(20)15-8-10(19)18-6-4-3-5-7-18/h2-8,14H2,1H3,(H,15,20)(H,16,17). The van der Waals surface area contributed by atoms with Crippen LogP contribution in [-0.2, 0) is 11.2 Å². The first-order chi connectivity index (χ1) is 9.63. The number of hydrogen-bond acceptors (Lipinski definition) is 4. The third-order valence-corrected chi connectivity index (χ3v) is 3.56. The summed E-state index contributed by atoms with van der Waals surface area (Å²) in [6, 6.07) is 0. The van der Waals surface area contributed by atoms with Gasteiger partial charge in [0, 0.05) is 13.1 Å². The monoisotopic (exact) mass is 279 g/mol. The number of H-pyrrole nitrogens is 1. The van der Waals surface area contributed by atoms with E-state index < -0.39 is 5.91 Å². The number of amides is 2. The Kier molecular flexibility index (Phi) is 4.60. The first kappa shape index (κ1) is 14.4. The lowest BCUT2D eigenvalue weighted by molar-refractivity contribution is -0.130. The molecule has 1 aliphatic rings. The molecule has 110 valence electrons. The van der Waals surface area contributed by atoms with Crippen molar-refractivity contribution in [3.8, 4) is 0 Å². The lowest BCUT2D eigenvalue weighted by Crippen LogP contribution is -2.42. The molecule has 1 saturated heterocycles. The minimum atomic E-state index is -0.413. The van der Waals surface area contributed by atoms with Crippen LogP contribution in [0.25, 0.3) is 0 Å². The number of rotatable bonds is 4. The Labute approximate surface area is 117 Å². The van der Waals surface area contributed by atoms with Crippen molar-refractivity contribution in [3.63, 3.8) is 0 Å². The maximum atomic E-state index is 11.9. The van der Waals surface area contributed by atoms with Crippen LogP contribution >= 0.6 is 0 Å². The summed E-state index contributed by atoms with van der Waals surface area (Å²) in [6.07, 6.45) is 3.91. The Bertz CT molecular complexity index is 491. The maximum Gasteiger partial charge on any atom is 0.274 e. The average molecular weight is 279 g/mol. The highest BCUT2D eigenvalue weighted by Crippen LogP contribution is 2.14. The van der Waals surface area contributed by atoms with Crippen LogP contribution in [0, 0.1) is 0 Å². The van der Waals surface area contributed by atoms with Crippen LogP contribution in [0.4, 0.5) is 5.69 Å². The third kappa shape index (κ3) is 3.09. The molecule has 4 N–H and O–H groups in total. The molecule has 0 spiro atoms. The van der Waals surface area contributed by atoms with Crippen molar-refractivity contribution < 1.29 is 9.59 Å². The minimum absolute atomic E-state index is 0.00735. The van der Waals surface area contributed by atoms with E-state index in [1.807, 2.05) is 6.92 Å². The molecule has 2 rings (SSSR count). The molecular weight excluding hydrogens is 258 g/mol. The zero-order valence-electron chi connectivity index (χ0n) is 11.7. The van der Waals surface area contributed by atoms with Crippen LogP contribution in [0.5, 0.6) is 0 Å². The van der Waals surface area contributed by atoms with E-state index in [1.165, 1.54) is 6.42 Å². The van der Waals surface area contributed by atoms with Gasteiger partial charge in [-0.05, 0) is 25.7 Å². The number of aromatic amines is 1. The van der Waals surface area contributed by atoms with Crippen molar-refractivity contribution >= 4 is 17.5 Å². The fourth-order valence-corrected chi connectivity index (χ4v) is 2.32. The Balaban J connectivity index is 1.88. The Morgan fingerprint density at radius 3 is 2.65 bits per heavy atom. The summed E-state index contributed by atoms with van der Waals surface area (Å²) in [7, 11) is 0. The van der Waals surface area contributed by atoms with Crippen molar-refractivity contribution in [1.82, 2.24) is 20.4 Å². The van der Waals surface area contributed by atoms with Crippen molar-refractivity contribution in [2.75, 3.05) is 25.4 Å². The highest BCUT2D eigenvalue weighted by Gasteiger charge is 2.20. The summed E-state index contributed by atoms with van der Waals surface area (Å²) < 4.78 is 0. The number of nitrogen functional groups attached to an aromatic ring is 1. The number of likely N-dealkylation sites (tertiary alicyclic amines) is 1. The van der Waals surface area contributed by atoms with E-state index in [0.29, 0.717) is 12.1 Å². The molecule has 1 aliphatic heterocycles. The van der Waals surface area contributed by atoms with E-state index in [0.717, 1.165) is 31.6 Å². The topological polar surface area (TPSA) is 104 Å². The average Bonchev–Trinajstić information content (AvgIpc) is 2.86. The van der Waals surface area contributed by atoms with Crippen LogP contribution < -0.4 is 11.1 Å². The van der Waals surface area contributed by atoms with Crippen molar-refractivity contribution in [1.29, 1.82) is 0 Å². The van der Waals surface area contributed by atoms with Gasteiger partial charge < -0.3 is 16.0 Å². The number of nitrogens with zero attached hydrogens (tertiary/aromatic N) is 2. The van der Waals surface area contributed by atoms with Gasteiger partial charge in [0.25, 0.3) is 5.91 Å².